The van der Waals surface area contributed by atoms with E-state index in [9.17, 15) is 19.5 Å². The van der Waals surface area contributed by atoms with Gasteiger partial charge in [-0.2, -0.15) is 9.98 Å². The first-order valence-electron chi connectivity index (χ1n) is 19.5. The maximum atomic E-state index is 13.0. The maximum absolute atomic E-state index is 13.0. The third-order valence-corrected chi connectivity index (χ3v) is 11.9. The number of thioether (sulfide) groups is 1. The second kappa shape index (κ2) is 21.9. The fraction of sp³-hybridized carbons (Fsp3) is 0.317. The van der Waals surface area contributed by atoms with Gasteiger partial charge in [-0.3, -0.25) is 19.6 Å². The van der Waals surface area contributed by atoms with E-state index in [1.54, 1.807) is 93.6 Å². The molecule has 4 aromatic rings. The van der Waals surface area contributed by atoms with Crippen LogP contribution in [0.1, 0.15) is 55.6 Å². The fourth-order valence-corrected chi connectivity index (χ4v) is 8.64. The first kappa shape index (κ1) is 48.0. The predicted octanol–water partition coefficient (Wildman–Crippen LogP) is 5.89. The van der Waals surface area contributed by atoms with Crippen molar-refractivity contribution in [2.75, 3.05) is 23.7 Å². The normalized spacial score (nSPS) is 18.5. The molecule has 2 aliphatic heterocycles. The number of guanidine groups is 4. The van der Waals surface area contributed by atoms with Gasteiger partial charge >= 0.3 is 5.97 Å². The van der Waals surface area contributed by atoms with Gasteiger partial charge in [-0.1, -0.05) is 71.0 Å². The molecule has 12 N–H and O–H groups in total. The number of aliphatic imine (C=N–C) groups is 4. The molecule has 0 saturated carbocycles. The Hall–Kier alpha value is -6.02. The van der Waals surface area contributed by atoms with E-state index in [-0.39, 0.29) is 35.1 Å². The highest BCUT2D eigenvalue weighted by Crippen LogP contribution is 2.51. The Bertz CT molecular complexity index is 2310. The van der Waals surface area contributed by atoms with Gasteiger partial charge in [-0.25, -0.2) is 4.79 Å². The van der Waals surface area contributed by atoms with Crippen molar-refractivity contribution in [3.8, 4) is 11.3 Å². The summed E-state index contributed by atoms with van der Waals surface area (Å²) < 4.78 is 4.54. The number of hydrogen-bond acceptors (Lipinski definition) is 8. The summed E-state index contributed by atoms with van der Waals surface area (Å²) in [6.07, 6.45) is 3.68. The van der Waals surface area contributed by atoms with Crippen molar-refractivity contribution in [1.82, 2.24) is 15.4 Å². The first-order valence-corrected chi connectivity index (χ1v) is 21.5. The number of fused-ring (bicyclic) bond motifs is 1. The summed E-state index contributed by atoms with van der Waals surface area (Å²) in [7, 11) is 0. The lowest BCUT2D eigenvalue weighted by Crippen LogP contribution is -2.70. The Morgan fingerprint density at radius 2 is 1.33 bits per heavy atom. The van der Waals surface area contributed by atoms with Gasteiger partial charge in [0.1, 0.15) is 34.5 Å². The Morgan fingerprint density at radius 3 is 1.83 bits per heavy atom. The zero-order chi connectivity index (χ0) is 45.8. The number of rotatable bonds is 13. The molecule has 3 atom stereocenters. The monoisotopic (exact) mass is 939 g/mol. The largest absolute Gasteiger partial charge is 0.480 e. The Morgan fingerprint density at radius 1 is 0.825 bits per heavy atom. The van der Waals surface area contributed by atoms with E-state index in [0.717, 1.165) is 37.1 Å². The number of nitrogens with two attached hydrogens (primary N) is 4. The molecule has 2 aliphatic rings. The molecule has 18 nitrogen and oxygen atoms in total. The van der Waals surface area contributed by atoms with Gasteiger partial charge in [0.05, 0.1) is 5.02 Å². The molecule has 334 valence electrons. The number of anilines is 2. The number of carboxylic acids is 1. The van der Waals surface area contributed by atoms with Gasteiger partial charge in [0.15, 0.2) is 0 Å². The van der Waals surface area contributed by atoms with Gasteiger partial charge < -0.3 is 53.4 Å². The lowest BCUT2D eigenvalue weighted by molar-refractivity contribution is -0.159. The maximum Gasteiger partial charge on any atom is 0.327 e. The van der Waals surface area contributed by atoms with Crippen LogP contribution in [0, 0.1) is 6.92 Å². The molecule has 0 aliphatic carbocycles. The predicted molar refractivity (Wildman–Crippen MR) is 252 cm³/mol. The minimum absolute atomic E-state index is 0.124. The number of halogens is 3. The van der Waals surface area contributed by atoms with Crippen molar-refractivity contribution in [2.45, 2.75) is 68.7 Å². The van der Waals surface area contributed by atoms with Gasteiger partial charge in [-0.15, -0.1) is 11.8 Å². The highest BCUT2D eigenvalue weighted by Gasteiger charge is 2.64. The van der Waals surface area contributed by atoms with Crippen LogP contribution in [0.5, 0.6) is 0 Å². The number of benzene rings is 3. The minimum atomic E-state index is -1.06. The van der Waals surface area contributed by atoms with Crippen LogP contribution >= 0.6 is 46.6 Å². The number of carbonyl (C=O) groups is 3. The molecule has 2 fully saturated rings. The molecule has 0 unspecified atom stereocenters. The summed E-state index contributed by atoms with van der Waals surface area (Å²) in [6.45, 7) is 6.28. The first-order chi connectivity index (χ1) is 29.9. The van der Waals surface area contributed by atoms with Gasteiger partial charge in [0, 0.05) is 44.8 Å². The molecule has 2 amide bonds. The van der Waals surface area contributed by atoms with E-state index in [0.29, 0.717) is 39.5 Å². The SMILES string of the molecule is Cc1onc(-c2ccccc2Cl)c1C(=O)N[C@@H]1C(=O)N2[C@@H]1SC(C)(C)[C@@H]2C(=O)O.NC(=NCCCCCCN=C(N)N=C(N)Nc1ccc(Cl)cc1)N=C(N)Nc1ccc(Cl)cc1. The van der Waals surface area contributed by atoms with E-state index in [1.807, 2.05) is 0 Å². The number of unbranched alkanes of at least 4 members (excludes halogenated alkanes) is 3. The summed E-state index contributed by atoms with van der Waals surface area (Å²) in [4.78, 5) is 55.0. The number of carboxylic acid groups (broad SMARTS) is 1. The summed E-state index contributed by atoms with van der Waals surface area (Å²) >= 11 is 19.3. The van der Waals surface area contributed by atoms with Crippen LogP contribution in [-0.2, 0) is 9.59 Å². The quantitative estimate of drug-likeness (QED) is 0.0337. The van der Waals surface area contributed by atoms with Crippen molar-refractivity contribution < 1.29 is 24.0 Å². The second-order valence-electron chi connectivity index (χ2n) is 14.6. The third kappa shape index (κ3) is 13.0. The van der Waals surface area contributed by atoms with Crippen LogP contribution < -0.4 is 38.9 Å². The Balaban J connectivity index is 0.000000240. The summed E-state index contributed by atoms with van der Waals surface area (Å²) in [5.41, 5.74) is 25.8. The molecule has 0 bridgehead atoms. The minimum Gasteiger partial charge on any atom is -0.480 e. The summed E-state index contributed by atoms with van der Waals surface area (Å²) in [5, 5.41) is 23.3. The zero-order valence-electron chi connectivity index (χ0n) is 34.5. The van der Waals surface area contributed by atoms with E-state index in [2.05, 4.69) is 41.1 Å². The molecule has 3 heterocycles. The molecule has 3 aromatic carbocycles. The van der Waals surface area contributed by atoms with Crippen molar-refractivity contribution in [3.63, 3.8) is 0 Å². The van der Waals surface area contributed by atoms with E-state index in [1.165, 1.54) is 16.7 Å². The standard InChI is InChI=1S/C22H30Cl2N10.C19H18ClN3O5S/c23-15-5-9-17(10-6-15)31-21(27)33-19(25)29-13-3-1-2-4-14-30-20(26)34-22(28)32-18-11-7-16(24)8-12-18;1-8-11(12(22-28-8)9-6-4-5-7-10(9)20)15(24)21-13-16(25)23-14(18(26)27)19(2,3)29-17(13)23/h5-12H,1-4,13-14H2,(H5,25,27,29,31,33)(H5,26,28,30,32,34);4-7,13-14,17H,1-3H3,(H,21,24)(H,26,27)/t;13-,14+,17-/m.1/s1. The topological polar surface area (TPSA) is 290 Å². The average molecular weight is 941 g/mol. The fourth-order valence-electron chi connectivity index (χ4n) is 6.54. The Kier molecular flexibility index (Phi) is 16.7. The molecule has 0 spiro atoms. The van der Waals surface area contributed by atoms with Gasteiger partial charge in [-0.05, 0) is 88.2 Å². The third-order valence-electron chi connectivity index (χ3n) is 9.50. The molecular formula is C41H48Cl3N13O5S. The number of aromatic nitrogens is 1. The van der Waals surface area contributed by atoms with Crippen LogP contribution in [0.25, 0.3) is 11.3 Å². The van der Waals surface area contributed by atoms with Crippen molar-refractivity contribution in [3.05, 3.63) is 99.2 Å². The number of amides is 2. The Labute approximate surface area is 383 Å². The second-order valence-corrected chi connectivity index (χ2v) is 17.7. The van der Waals surface area contributed by atoms with Crippen LogP contribution in [0.4, 0.5) is 11.4 Å². The number of carbonyl (C=O) groups excluding carboxylic acids is 2. The zero-order valence-corrected chi connectivity index (χ0v) is 37.6. The average Bonchev–Trinajstić information content (AvgIpc) is 3.73. The van der Waals surface area contributed by atoms with Crippen LogP contribution in [-0.4, -0.2) is 92.1 Å². The highest BCUT2D eigenvalue weighted by atomic mass is 35.5. The van der Waals surface area contributed by atoms with E-state index in [4.69, 9.17) is 62.3 Å². The molecular weight excluding hydrogens is 893 g/mol. The molecule has 1 aromatic heterocycles. The number of aliphatic carboxylic acids is 1. The number of nitrogens with one attached hydrogen (secondary N) is 3. The smallest absolute Gasteiger partial charge is 0.327 e. The number of nitrogens with zero attached hydrogens (tertiary/aromatic N) is 6. The molecule has 63 heavy (non-hydrogen) atoms. The van der Waals surface area contributed by atoms with Gasteiger partial charge in [0.2, 0.25) is 29.7 Å². The summed E-state index contributed by atoms with van der Waals surface area (Å²) in [6, 6.07) is 19.3. The van der Waals surface area contributed by atoms with Crippen molar-refractivity contribution >= 4 is 99.6 Å². The lowest BCUT2D eigenvalue weighted by Gasteiger charge is -2.43. The molecule has 2 saturated heterocycles. The highest BCUT2D eigenvalue weighted by molar-refractivity contribution is 8.01. The van der Waals surface area contributed by atoms with Crippen LogP contribution in [0.2, 0.25) is 15.1 Å². The lowest BCUT2D eigenvalue weighted by atomic mass is 9.95. The van der Waals surface area contributed by atoms with Crippen molar-refractivity contribution in [1.29, 1.82) is 0 Å². The molecule has 0 radical (unpaired) electrons. The summed E-state index contributed by atoms with van der Waals surface area (Å²) in [5.74, 6) is -1.13. The number of hydrogen-bond donors (Lipinski definition) is 8. The van der Waals surface area contributed by atoms with E-state index < -0.39 is 40.0 Å². The number of β-lactam (4-membered cyclic amide) rings is 1. The molecule has 22 heteroatoms. The van der Waals surface area contributed by atoms with E-state index >= 15 is 0 Å². The van der Waals surface area contributed by atoms with Crippen molar-refractivity contribution in [2.24, 2.45) is 42.9 Å². The molecule has 6 rings (SSSR count). The van der Waals surface area contributed by atoms with Crippen LogP contribution in [0.3, 0.4) is 0 Å². The van der Waals surface area contributed by atoms with Gasteiger partial charge in [0.25, 0.3) is 5.91 Å². The number of aryl methyl sites for hydroxylation is 1. The van der Waals surface area contributed by atoms with Crippen LogP contribution in [0.15, 0.2) is 97.3 Å².